The van der Waals surface area contributed by atoms with E-state index >= 15 is 0 Å². The van der Waals surface area contributed by atoms with Crippen LogP contribution in [0.25, 0.3) is 0 Å². The van der Waals surface area contributed by atoms with Gasteiger partial charge in [-0.25, -0.2) is 0 Å². The molecule has 0 unspecified atom stereocenters. The van der Waals surface area contributed by atoms with Gasteiger partial charge in [-0.05, 0) is 43.9 Å². The summed E-state index contributed by atoms with van der Waals surface area (Å²) in [6.07, 6.45) is 4.64. The topological polar surface area (TPSA) is 54.2 Å². The van der Waals surface area contributed by atoms with Gasteiger partial charge in [0.1, 0.15) is 0 Å². The van der Waals surface area contributed by atoms with E-state index in [4.69, 9.17) is 4.52 Å². The smallest absolute Gasteiger partial charge is 0.263 e. The second-order valence-corrected chi connectivity index (χ2v) is 4.85. The molecule has 1 saturated heterocycles. The minimum absolute atomic E-state index is 0.631. The van der Waals surface area contributed by atoms with Gasteiger partial charge < -0.3 is 14.7 Å². The highest BCUT2D eigenvalue weighted by molar-refractivity contribution is 5.20. The molecule has 2 rings (SSSR count). The highest BCUT2D eigenvalue weighted by Gasteiger charge is 2.16. The Bertz CT molecular complexity index is 339. The highest BCUT2D eigenvalue weighted by Crippen LogP contribution is 2.18. The Balaban J connectivity index is 1.68. The first-order chi connectivity index (χ1) is 8.28. The normalized spacial score (nSPS) is 21.6. The molecule has 5 nitrogen and oxygen atoms in total. The minimum atomic E-state index is 0.631. The SMILES string of the molecule is CCc1nc(NCC[C@H]2CCCN(C)C2)no1. The third-order valence-corrected chi connectivity index (χ3v) is 3.33. The Kier molecular flexibility index (Phi) is 4.36. The number of aryl methyl sites for hydroxylation is 1. The lowest BCUT2D eigenvalue weighted by Gasteiger charge is -2.29. The highest BCUT2D eigenvalue weighted by atomic mass is 16.5. The molecule has 0 aromatic carbocycles. The van der Waals surface area contributed by atoms with Crippen LogP contribution in [-0.2, 0) is 6.42 Å². The molecule has 1 fully saturated rings. The summed E-state index contributed by atoms with van der Waals surface area (Å²) in [5, 5.41) is 7.10. The van der Waals surface area contributed by atoms with Gasteiger partial charge in [0.2, 0.25) is 5.89 Å². The Morgan fingerprint density at radius 3 is 3.12 bits per heavy atom. The quantitative estimate of drug-likeness (QED) is 0.847. The van der Waals surface area contributed by atoms with E-state index in [0.29, 0.717) is 11.8 Å². The summed E-state index contributed by atoms with van der Waals surface area (Å²) in [7, 11) is 2.20. The van der Waals surface area contributed by atoms with Crippen molar-refractivity contribution < 1.29 is 4.52 Å². The fourth-order valence-corrected chi connectivity index (χ4v) is 2.37. The first-order valence-corrected chi connectivity index (χ1v) is 6.53. The first kappa shape index (κ1) is 12.4. The van der Waals surface area contributed by atoms with Crippen molar-refractivity contribution in [1.29, 1.82) is 0 Å². The van der Waals surface area contributed by atoms with Gasteiger partial charge in [-0.2, -0.15) is 4.98 Å². The molecule has 0 aliphatic carbocycles. The Morgan fingerprint density at radius 2 is 2.41 bits per heavy atom. The Hall–Kier alpha value is -1.10. The van der Waals surface area contributed by atoms with Gasteiger partial charge in [-0.1, -0.05) is 6.92 Å². The maximum Gasteiger partial charge on any atom is 0.263 e. The first-order valence-electron chi connectivity index (χ1n) is 6.53. The largest absolute Gasteiger partial charge is 0.352 e. The van der Waals surface area contributed by atoms with E-state index in [1.165, 1.54) is 32.4 Å². The summed E-state index contributed by atoms with van der Waals surface area (Å²) >= 11 is 0. The molecule has 2 heterocycles. The number of nitrogens with zero attached hydrogens (tertiary/aromatic N) is 3. The van der Waals surface area contributed by atoms with Crippen molar-refractivity contribution in [3.8, 4) is 0 Å². The van der Waals surface area contributed by atoms with Crippen molar-refractivity contribution in [3.05, 3.63) is 5.89 Å². The van der Waals surface area contributed by atoms with Crippen LogP contribution in [0.15, 0.2) is 4.52 Å². The molecule has 1 aromatic heterocycles. The number of hydrogen-bond acceptors (Lipinski definition) is 5. The molecule has 1 N–H and O–H groups in total. The van der Waals surface area contributed by atoms with E-state index in [1.807, 2.05) is 6.92 Å². The maximum atomic E-state index is 5.04. The van der Waals surface area contributed by atoms with E-state index in [-0.39, 0.29) is 0 Å². The number of hydrogen-bond donors (Lipinski definition) is 1. The van der Waals surface area contributed by atoms with Crippen LogP contribution in [0, 0.1) is 5.92 Å². The van der Waals surface area contributed by atoms with Crippen LogP contribution in [0.5, 0.6) is 0 Å². The summed E-state index contributed by atoms with van der Waals surface area (Å²) in [5.74, 6) is 2.13. The van der Waals surface area contributed by atoms with Crippen molar-refractivity contribution in [3.63, 3.8) is 0 Å². The summed E-state index contributed by atoms with van der Waals surface area (Å²) in [6.45, 7) is 5.40. The van der Waals surface area contributed by atoms with Crippen molar-refractivity contribution in [2.45, 2.75) is 32.6 Å². The zero-order chi connectivity index (χ0) is 12.1. The van der Waals surface area contributed by atoms with Crippen LogP contribution in [0.1, 0.15) is 32.1 Å². The number of rotatable bonds is 5. The monoisotopic (exact) mass is 238 g/mol. The van der Waals surface area contributed by atoms with Crippen LogP contribution in [0.3, 0.4) is 0 Å². The zero-order valence-corrected chi connectivity index (χ0v) is 10.8. The lowest BCUT2D eigenvalue weighted by molar-refractivity contribution is 0.205. The average Bonchev–Trinajstić information content (AvgIpc) is 2.77. The van der Waals surface area contributed by atoms with E-state index < -0.39 is 0 Å². The van der Waals surface area contributed by atoms with Crippen LogP contribution >= 0.6 is 0 Å². The molecule has 0 spiro atoms. The Labute approximate surface area is 103 Å². The molecule has 1 atom stereocenters. The predicted octanol–water partition coefficient (Wildman–Crippen LogP) is 1.78. The third kappa shape index (κ3) is 3.70. The summed E-state index contributed by atoms with van der Waals surface area (Å²) in [5.41, 5.74) is 0. The van der Waals surface area contributed by atoms with Crippen LogP contribution in [0.4, 0.5) is 5.95 Å². The fraction of sp³-hybridized carbons (Fsp3) is 0.833. The van der Waals surface area contributed by atoms with Gasteiger partial charge in [0.15, 0.2) is 0 Å². The van der Waals surface area contributed by atoms with Gasteiger partial charge >= 0.3 is 0 Å². The van der Waals surface area contributed by atoms with Crippen molar-refractivity contribution >= 4 is 5.95 Å². The summed E-state index contributed by atoms with van der Waals surface area (Å²) in [6, 6.07) is 0. The predicted molar refractivity (Wildman–Crippen MR) is 67.0 cm³/mol. The minimum Gasteiger partial charge on any atom is -0.352 e. The number of aromatic nitrogens is 2. The lowest BCUT2D eigenvalue weighted by atomic mass is 9.95. The van der Waals surface area contributed by atoms with E-state index in [2.05, 4.69) is 27.4 Å². The van der Waals surface area contributed by atoms with Crippen LogP contribution in [-0.4, -0.2) is 41.7 Å². The fourth-order valence-electron chi connectivity index (χ4n) is 2.37. The molecule has 0 radical (unpaired) electrons. The van der Waals surface area contributed by atoms with E-state index in [1.54, 1.807) is 0 Å². The number of nitrogens with one attached hydrogen (secondary N) is 1. The second-order valence-electron chi connectivity index (χ2n) is 4.85. The molecule has 0 bridgehead atoms. The molecule has 1 aromatic rings. The number of anilines is 1. The van der Waals surface area contributed by atoms with Gasteiger partial charge in [-0.3, -0.25) is 0 Å². The lowest BCUT2D eigenvalue weighted by Crippen LogP contribution is -2.32. The van der Waals surface area contributed by atoms with E-state index in [9.17, 15) is 0 Å². The average molecular weight is 238 g/mol. The molecule has 1 aliphatic heterocycles. The maximum absolute atomic E-state index is 5.04. The molecule has 17 heavy (non-hydrogen) atoms. The summed E-state index contributed by atoms with van der Waals surface area (Å²) < 4.78 is 5.04. The third-order valence-electron chi connectivity index (χ3n) is 3.33. The van der Waals surface area contributed by atoms with Gasteiger partial charge in [-0.15, -0.1) is 0 Å². The summed E-state index contributed by atoms with van der Waals surface area (Å²) in [4.78, 5) is 6.64. The van der Waals surface area contributed by atoms with Gasteiger partial charge in [0.25, 0.3) is 5.95 Å². The van der Waals surface area contributed by atoms with Crippen molar-refractivity contribution in [1.82, 2.24) is 15.0 Å². The van der Waals surface area contributed by atoms with Crippen molar-refractivity contribution in [2.24, 2.45) is 5.92 Å². The van der Waals surface area contributed by atoms with Gasteiger partial charge in [0, 0.05) is 19.5 Å². The van der Waals surface area contributed by atoms with Gasteiger partial charge in [0.05, 0.1) is 0 Å². The standard InChI is InChI=1S/C12H22N4O/c1-3-11-14-12(15-17-11)13-7-6-10-5-4-8-16(2)9-10/h10H,3-9H2,1-2H3,(H,13,15)/t10-/m1/s1. The molecule has 5 heteroatoms. The van der Waals surface area contributed by atoms with Crippen molar-refractivity contribution in [2.75, 3.05) is 32.0 Å². The molecular formula is C12H22N4O. The number of likely N-dealkylation sites (tertiary alicyclic amines) is 1. The zero-order valence-electron chi connectivity index (χ0n) is 10.8. The molecule has 0 saturated carbocycles. The molecule has 1 aliphatic rings. The second kappa shape index (κ2) is 6.00. The Morgan fingerprint density at radius 1 is 1.53 bits per heavy atom. The number of piperidine rings is 1. The molecule has 0 amide bonds. The molecular weight excluding hydrogens is 216 g/mol. The van der Waals surface area contributed by atoms with Crippen LogP contribution in [0.2, 0.25) is 0 Å². The van der Waals surface area contributed by atoms with E-state index in [0.717, 1.165) is 18.9 Å². The van der Waals surface area contributed by atoms with Crippen LogP contribution < -0.4 is 5.32 Å². The molecule has 96 valence electrons.